The minimum absolute atomic E-state index is 0.00522. The quantitative estimate of drug-likeness (QED) is 0.332. The molecular weight excluding hydrogens is 536 g/mol. The van der Waals surface area contributed by atoms with Crippen molar-refractivity contribution in [2.75, 3.05) is 31.6 Å². The zero-order chi connectivity index (χ0) is 27.5. The van der Waals surface area contributed by atoms with Gasteiger partial charge in [0.2, 0.25) is 0 Å². The van der Waals surface area contributed by atoms with Gasteiger partial charge in [0.05, 0.1) is 10.6 Å². The summed E-state index contributed by atoms with van der Waals surface area (Å²) in [4.78, 5) is 13.7. The summed E-state index contributed by atoms with van der Waals surface area (Å²) in [5.74, 6) is -0.882. The van der Waals surface area contributed by atoms with Crippen LogP contribution in [0.25, 0.3) is 22.0 Å². The van der Waals surface area contributed by atoms with Crippen LogP contribution in [0.15, 0.2) is 42.5 Å². The van der Waals surface area contributed by atoms with Crippen molar-refractivity contribution in [2.45, 2.75) is 37.9 Å². The Morgan fingerprint density at radius 2 is 1.82 bits per heavy atom. The Bertz CT molecular complexity index is 1620. The fourth-order valence-electron chi connectivity index (χ4n) is 6.32. The number of phenols is 1. The number of ether oxygens (including phenoxy) is 1. The smallest absolute Gasteiger partial charge is 0.324 e. The van der Waals surface area contributed by atoms with Gasteiger partial charge in [-0.25, -0.2) is 8.78 Å². The third-order valence-corrected chi connectivity index (χ3v) is 8.51. The van der Waals surface area contributed by atoms with Gasteiger partial charge in [-0.05, 0) is 56.1 Å². The second-order valence-corrected chi connectivity index (χ2v) is 11.3. The zero-order valence-electron chi connectivity index (χ0n) is 21.9. The number of nitrogens with zero attached hydrogens (tertiary/aromatic N) is 4. The lowest BCUT2D eigenvalue weighted by Crippen LogP contribution is -2.51. The van der Waals surface area contributed by atoms with Gasteiger partial charge in [-0.1, -0.05) is 29.8 Å². The molecule has 3 aliphatic heterocycles. The average Bonchev–Trinajstić information content (AvgIpc) is 3.27. The van der Waals surface area contributed by atoms with E-state index in [0.29, 0.717) is 42.1 Å². The molecule has 0 amide bonds. The largest absolute Gasteiger partial charge is 0.507 e. The number of fused-ring (bicyclic) bond motifs is 4. The molecule has 10 heteroatoms. The predicted molar refractivity (Wildman–Crippen MR) is 150 cm³/mol. The van der Waals surface area contributed by atoms with Crippen LogP contribution >= 0.6 is 11.6 Å². The number of halogens is 3. The van der Waals surface area contributed by atoms with E-state index in [2.05, 4.69) is 33.2 Å². The zero-order valence-corrected chi connectivity index (χ0v) is 22.7. The first-order valence-electron chi connectivity index (χ1n) is 13.5. The Labute approximate surface area is 235 Å². The number of aromatic nitrogens is 2. The van der Waals surface area contributed by atoms with Crippen LogP contribution in [0.4, 0.5) is 14.6 Å². The summed E-state index contributed by atoms with van der Waals surface area (Å²) in [6.45, 7) is 3.10. The van der Waals surface area contributed by atoms with Crippen LogP contribution < -0.4 is 15.0 Å². The molecule has 2 unspecified atom stereocenters. The van der Waals surface area contributed by atoms with Crippen LogP contribution in [0.3, 0.4) is 0 Å². The second kappa shape index (κ2) is 9.83. The van der Waals surface area contributed by atoms with E-state index in [9.17, 15) is 9.50 Å². The minimum Gasteiger partial charge on any atom is -0.507 e. The molecule has 0 saturated carbocycles. The maximum absolute atomic E-state index is 16.4. The lowest BCUT2D eigenvalue weighted by Gasteiger charge is -2.34. The van der Waals surface area contributed by atoms with Crippen molar-refractivity contribution in [3.05, 3.63) is 70.2 Å². The number of nitrogens with one attached hydrogen (secondary N) is 1. The van der Waals surface area contributed by atoms with Crippen molar-refractivity contribution in [1.29, 1.82) is 0 Å². The van der Waals surface area contributed by atoms with Crippen LogP contribution in [0, 0.1) is 11.6 Å². The van der Waals surface area contributed by atoms with Gasteiger partial charge < -0.3 is 25.0 Å². The summed E-state index contributed by atoms with van der Waals surface area (Å²) < 4.78 is 37.5. The van der Waals surface area contributed by atoms with E-state index in [1.807, 2.05) is 12.1 Å². The molecule has 2 saturated heterocycles. The lowest BCUT2D eigenvalue weighted by molar-refractivity contribution is 0.308. The van der Waals surface area contributed by atoms with Crippen LogP contribution in [0.1, 0.15) is 24.0 Å². The molecule has 3 aliphatic rings. The molecule has 206 valence electrons. The molecular formula is C30H28ClF2N5O2. The number of phenolic OH excluding ortho intramolecular Hbond substituents is 1. The van der Waals surface area contributed by atoms with Crippen LogP contribution in [0.2, 0.25) is 5.02 Å². The monoisotopic (exact) mass is 563 g/mol. The van der Waals surface area contributed by atoms with Crippen molar-refractivity contribution < 1.29 is 18.6 Å². The van der Waals surface area contributed by atoms with E-state index >= 15 is 4.39 Å². The van der Waals surface area contributed by atoms with Gasteiger partial charge in [-0.15, -0.1) is 0 Å². The molecule has 7 nitrogen and oxygen atoms in total. The molecule has 40 heavy (non-hydrogen) atoms. The Morgan fingerprint density at radius 1 is 1.05 bits per heavy atom. The molecule has 2 fully saturated rings. The number of aromatic hydroxyl groups is 1. The lowest BCUT2D eigenvalue weighted by atomic mass is 9.99. The number of hydrogen-bond donors (Lipinski definition) is 2. The van der Waals surface area contributed by atoms with Gasteiger partial charge >= 0.3 is 6.01 Å². The van der Waals surface area contributed by atoms with E-state index in [4.69, 9.17) is 21.3 Å². The van der Waals surface area contributed by atoms with Crippen molar-refractivity contribution in [2.24, 2.45) is 0 Å². The first-order chi connectivity index (χ1) is 19.4. The van der Waals surface area contributed by atoms with E-state index in [1.54, 1.807) is 6.07 Å². The molecule has 1 aromatic heterocycles. The molecule has 0 radical (unpaired) electrons. The summed E-state index contributed by atoms with van der Waals surface area (Å²) in [7, 11) is 2.08. The SMILES string of the molecule is CN1CCc2c(cccc2Oc2nc(N3CC4CCC(C3)N4)c3cc(Cl)c(-c4c(O)cccc4F)c(F)c3n2)C1. The topological polar surface area (TPSA) is 73.8 Å². The normalized spacial score (nSPS) is 20.6. The number of anilines is 1. The highest BCUT2D eigenvalue weighted by atomic mass is 35.5. The molecule has 4 heterocycles. The highest BCUT2D eigenvalue weighted by Crippen LogP contribution is 2.43. The van der Waals surface area contributed by atoms with Gasteiger partial charge in [0.25, 0.3) is 0 Å². The number of piperazine rings is 1. The van der Waals surface area contributed by atoms with E-state index in [0.717, 1.165) is 44.0 Å². The standard InChI is InChI=1S/C30H28ClF2N5O2/c1-37-11-10-19-16(13-37)4-2-7-24(19)40-30-35-28-20(29(36-30)38-14-17-8-9-18(15-38)34-17)12-21(31)25(27(28)33)26-22(32)5-3-6-23(26)39/h2-7,12,17-18,34,39H,8-11,13-15H2,1H3. The van der Waals surface area contributed by atoms with Crippen molar-refractivity contribution in [3.8, 4) is 28.6 Å². The Morgan fingerprint density at radius 3 is 2.60 bits per heavy atom. The third-order valence-electron chi connectivity index (χ3n) is 8.22. The molecule has 2 N–H and O–H groups in total. The van der Waals surface area contributed by atoms with Crippen molar-refractivity contribution in [3.63, 3.8) is 0 Å². The number of benzene rings is 3. The Hall–Kier alpha value is -3.53. The first kappa shape index (κ1) is 25.4. The Kier molecular flexibility index (Phi) is 6.25. The summed E-state index contributed by atoms with van der Waals surface area (Å²) in [5.41, 5.74) is 1.65. The summed E-state index contributed by atoms with van der Waals surface area (Å²) in [6.07, 6.45) is 2.93. The van der Waals surface area contributed by atoms with Gasteiger partial charge in [-0.3, -0.25) is 0 Å². The number of rotatable bonds is 4. The van der Waals surface area contributed by atoms with Crippen LogP contribution in [-0.4, -0.2) is 58.7 Å². The van der Waals surface area contributed by atoms with E-state index in [1.165, 1.54) is 17.7 Å². The fourth-order valence-corrected chi connectivity index (χ4v) is 6.60. The molecule has 0 aliphatic carbocycles. The van der Waals surface area contributed by atoms with Crippen LogP contribution in [0.5, 0.6) is 17.5 Å². The first-order valence-corrected chi connectivity index (χ1v) is 13.9. The fraction of sp³-hybridized carbons (Fsp3) is 0.333. The molecule has 0 spiro atoms. The summed E-state index contributed by atoms with van der Waals surface area (Å²) in [5, 5.41) is 14.4. The molecule has 4 aromatic rings. The van der Waals surface area contributed by atoms with E-state index < -0.39 is 17.4 Å². The Balaban J connectivity index is 1.41. The van der Waals surface area contributed by atoms with Crippen molar-refractivity contribution >= 4 is 28.3 Å². The third kappa shape index (κ3) is 4.33. The predicted octanol–water partition coefficient (Wildman–Crippen LogP) is 5.65. The molecule has 2 bridgehead atoms. The van der Waals surface area contributed by atoms with Gasteiger partial charge in [0, 0.05) is 54.8 Å². The highest BCUT2D eigenvalue weighted by Gasteiger charge is 2.34. The van der Waals surface area contributed by atoms with Crippen LogP contribution in [-0.2, 0) is 13.0 Å². The van der Waals surface area contributed by atoms with Crippen molar-refractivity contribution in [1.82, 2.24) is 20.2 Å². The maximum atomic E-state index is 16.4. The van der Waals surface area contributed by atoms with Gasteiger partial charge in [0.15, 0.2) is 5.82 Å². The average molecular weight is 564 g/mol. The van der Waals surface area contributed by atoms with Gasteiger partial charge in [-0.2, -0.15) is 9.97 Å². The highest BCUT2D eigenvalue weighted by molar-refractivity contribution is 6.34. The summed E-state index contributed by atoms with van der Waals surface area (Å²) >= 11 is 6.59. The number of hydrogen-bond acceptors (Lipinski definition) is 7. The molecule has 7 rings (SSSR count). The summed E-state index contributed by atoms with van der Waals surface area (Å²) in [6, 6.07) is 11.9. The minimum atomic E-state index is -0.841. The van der Waals surface area contributed by atoms with E-state index in [-0.39, 0.29) is 27.7 Å². The maximum Gasteiger partial charge on any atom is 0.324 e. The molecule has 3 aromatic carbocycles. The van der Waals surface area contributed by atoms with Gasteiger partial charge in [0.1, 0.15) is 28.7 Å². The molecule has 2 atom stereocenters. The number of likely N-dealkylation sites (N-methyl/N-ethyl adjacent to an activating group) is 1. The second-order valence-electron chi connectivity index (χ2n) is 10.9.